The fourth-order valence-electron chi connectivity index (χ4n) is 12.3. The van der Waals surface area contributed by atoms with E-state index >= 15 is 0 Å². The lowest BCUT2D eigenvalue weighted by atomic mass is 9.66. The van der Waals surface area contributed by atoms with Gasteiger partial charge in [-0.3, -0.25) is 14.5 Å². The van der Waals surface area contributed by atoms with E-state index in [1.165, 1.54) is 32.3 Å². The van der Waals surface area contributed by atoms with Crippen LogP contribution in [0.4, 0.5) is 0 Å². The lowest BCUT2D eigenvalue weighted by molar-refractivity contribution is 0.436. The summed E-state index contributed by atoms with van der Waals surface area (Å²) in [6.07, 6.45) is 5.89. The summed E-state index contributed by atoms with van der Waals surface area (Å²) in [7, 11) is 0. The lowest BCUT2D eigenvalue weighted by Crippen LogP contribution is -2.32. The van der Waals surface area contributed by atoms with Crippen LogP contribution in [0.25, 0.3) is 105 Å². The van der Waals surface area contributed by atoms with Gasteiger partial charge >= 0.3 is 0 Å². The molecular formula is C64H38N6O. The van der Waals surface area contributed by atoms with Crippen LogP contribution in [0.5, 0.6) is 11.5 Å². The number of para-hydroxylation sites is 6. The SMILES string of the molecule is c1ccc2c(c1)Oc1cc(-c3ccc4c(c3)c3ccccc3n4-c3ccc(-n4c5ccccc5c5ccccc54)nc3)ccc1C21c2cccnc2-c2ncc(-n3c4ccccc4c4ccccc43)cc21. The molecule has 14 aromatic rings. The number of benzene rings is 8. The van der Waals surface area contributed by atoms with E-state index in [9.17, 15) is 0 Å². The minimum absolute atomic E-state index is 0.744. The Morgan fingerprint density at radius 2 is 0.831 bits per heavy atom. The predicted octanol–water partition coefficient (Wildman–Crippen LogP) is 15.3. The molecule has 1 spiro atoms. The van der Waals surface area contributed by atoms with Crippen molar-refractivity contribution in [1.82, 2.24) is 28.7 Å². The van der Waals surface area contributed by atoms with Crippen LogP contribution >= 0.6 is 0 Å². The third-order valence-corrected chi connectivity index (χ3v) is 15.3. The highest BCUT2D eigenvalue weighted by Gasteiger charge is 2.52. The molecule has 0 radical (unpaired) electrons. The number of pyridine rings is 3. The Balaban J connectivity index is 0.847. The van der Waals surface area contributed by atoms with Crippen LogP contribution in [0.3, 0.4) is 0 Å². The van der Waals surface area contributed by atoms with Crippen LogP contribution in [-0.4, -0.2) is 28.7 Å². The third-order valence-electron chi connectivity index (χ3n) is 15.3. The van der Waals surface area contributed by atoms with Gasteiger partial charge in [-0.05, 0) is 95.6 Å². The average Bonchev–Trinajstić information content (AvgIpc) is 4.15. The number of hydrogen-bond acceptors (Lipinski definition) is 4. The molecule has 0 amide bonds. The minimum atomic E-state index is -0.744. The summed E-state index contributed by atoms with van der Waals surface area (Å²) in [5.74, 6) is 2.51. The van der Waals surface area contributed by atoms with Gasteiger partial charge in [-0.2, -0.15) is 0 Å². The number of ether oxygens (including phenoxy) is 1. The fourth-order valence-corrected chi connectivity index (χ4v) is 12.3. The van der Waals surface area contributed by atoms with E-state index < -0.39 is 5.41 Å². The molecule has 1 aliphatic carbocycles. The molecule has 2 aliphatic rings. The summed E-state index contributed by atoms with van der Waals surface area (Å²) >= 11 is 0. The molecule has 0 bridgehead atoms. The Morgan fingerprint density at radius 1 is 0.324 bits per heavy atom. The summed E-state index contributed by atoms with van der Waals surface area (Å²) < 4.78 is 14.0. The zero-order valence-corrected chi connectivity index (χ0v) is 38.0. The summed E-state index contributed by atoms with van der Waals surface area (Å²) in [5.41, 5.74) is 16.3. The Hall–Kier alpha value is -9.59. The van der Waals surface area contributed by atoms with Crippen molar-refractivity contribution in [3.8, 4) is 51.2 Å². The molecule has 330 valence electrons. The fraction of sp³-hybridized carbons (Fsp3) is 0.0156. The van der Waals surface area contributed by atoms with Crippen LogP contribution in [0, 0.1) is 0 Å². The molecule has 71 heavy (non-hydrogen) atoms. The second-order valence-electron chi connectivity index (χ2n) is 18.7. The van der Waals surface area contributed by atoms with Gasteiger partial charge < -0.3 is 13.9 Å². The van der Waals surface area contributed by atoms with Crippen molar-refractivity contribution in [3.63, 3.8) is 0 Å². The summed E-state index contributed by atoms with van der Waals surface area (Å²) in [6.45, 7) is 0. The highest BCUT2D eigenvalue weighted by Crippen LogP contribution is 2.62. The van der Waals surface area contributed by atoms with E-state index in [0.717, 1.165) is 107 Å². The zero-order valence-electron chi connectivity index (χ0n) is 38.0. The number of fused-ring (bicyclic) bond motifs is 18. The standard InChI is InChI=1S/C64H38N6O/c1-7-21-53-43(14-1)44-15-2-8-22-54(44)69(53)42-36-52-63(67-38-42)62-51(20-13-33-65-62)64(52)49-19-6-12-26-59(49)71-60-35-40(27-30-50(60)64)39-28-31-58-48(34-39)47-18-5-9-23-55(47)68(58)41-29-32-61(66-37-41)70-56-24-10-3-16-45(56)46-17-4-11-25-57(46)70/h1-38H. The van der Waals surface area contributed by atoms with Gasteiger partial charge in [0.15, 0.2) is 0 Å². The van der Waals surface area contributed by atoms with Gasteiger partial charge in [0.2, 0.25) is 0 Å². The zero-order chi connectivity index (χ0) is 46.4. The van der Waals surface area contributed by atoms with E-state index in [1.54, 1.807) is 0 Å². The molecule has 0 saturated heterocycles. The highest BCUT2D eigenvalue weighted by atomic mass is 16.5. The van der Waals surface area contributed by atoms with Gasteiger partial charge in [-0.25, -0.2) is 4.98 Å². The molecule has 7 nitrogen and oxygen atoms in total. The first-order valence-electron chi connectivity index (χ1n) is 24.1. The average molecular weight is 907 g/mol. The summed E-state index contributed by atoms with van der Waals surface area (Å²) in [6, 6.07) is 76.0. The van der Waals surface area contributed by atoms with Crippen molar-refractivity contribution < 1.29 is 4.74 Å². The van der Waals surface area contributed by atoms with Crippen LogP contribution < -0.4 is 4.74 Å². The summed E-state index contributed by atoms with van der Waals surface area (Å²) in [4.78, 5) is 15.5. The van der Waals surface area contributed by atoms with Crippen LogP contribution in [0.2, 0.25) is 0 Å². The maximum absolute atomic E-state index is 7.02. The Morgan fingerprint density at radius 3 is 1.49 bits per heavy atom. The van der Waals surface area contributed by atoms with Crippen LogP contribution in [0.15, 0.2) is 231 Å². The third kappa shape index (κ3) is 5.13. The van der Waals surface area contributed by atoms with Gasteiger partial charge in [-0.15, -0.1) is 0 Å². The minimum Gasteiger partial charge on any atom is -0.457 e. The second-order valence-corrected chi connectivity index (χ2v) is 18.7. The van der Waals surface area contributed by atoms with Gasteiger partial charge in [0.1, 0.15) is 17.3 Å². The predicted molar refractivity (Wildman–Crippen MR) is 286 cm³/mol. The Bertz CT molecular complexity index is 4470. The van der Waals surface area contributed by atoms with Crippen molar-refractivity contribution in [2.75, 3.05) is 0 Å². The van der Waals surface area contributed by atoms with Crippen molar-refractivity contribution >= 4 is 65.4 Å². The molecule has 0 fully saturated rings. The lowest BCUT2D eigenvalue weighted by Gasteiger charge is -2.39. The van der Waals surface area contributed by atoms with E-state index in [2.05, 4.69) is 220 Å². The van der Waals surface area contributed by atoms with E-state index in [1.807, 2.05) is 24.7 Å². The molecule has 6 aromatic heterocycles. The van der Waals surface area contributed by atoms with E-state index in [4.69, 9.17) is 19.7 Å². The first-order chi connectivity index (χ1) is 35.2. The second kappa shape index (κ2) is 14.2. The van der Waals surface area contributed by atoms with Gasteiger partial charge in [0.05, 0.1) is 73.7 Å². The van der Waals surface area contributed by atoms with E-state index in [-0.39, 0.29) is 0 Å². The first kappa shape index (κ1) is 38.4. The monoisotopic (exact) mass is 906 g/mol. The van der Waals surface area contributed by atoms with E-state index in [0.29, 0.717) is 0 Å². The molecule has 7 heterocycles. The van der Waals surface area contributed by atoms with Crippen molar-refractivity contribution in [3.05, 3.63) is 253 Å². The first-order valence-corrected chi connectivity index (χ1v) is 24.1. The van der Waals surface area contributed by atoms with Gasteiger partial charge in [0.25, 0.3) is 0 Å². The number of hydrogen-bond donors (Lipinski definition) is 0. The van der Waals surface area contributed by atoms with Crippen LogP contribution in [0.1, 0.15) is 22.3 Å². The number of rotatable bonds is 4. The topological polar surface area (TPSA) is 62.7 Å². The highest BCUT2D eigenvalue weighted by molar-refractivity contribution is 6.12. The van der Waals surface area contributed by atoms with Crippen molar-refractivity contribution in [2.24, 2.45) is 0 Å². The van der Waals surface area contributed by atoms with Gasteiger partial charge in [0, 0.05) is 55.2 Å². The maximum Gasteiger partial charge on any atom is 0.137 e. The molecule has 1 aliphatic heterocycles. The molecule has 16 rings (SSSR count). The van der Waals surface area contributed by atoms with Gasteiger partial charge in [-0.1, -0.05) is 133 Å². The quantitative estimate of drug-likeness (QED) is 0.176. The normalized spacial score (nSPS) is 14.6. The number of aromatic nitrogens is 6. The Labute approximate surface area is 406 Å². The van der Waals surface area contributed by atoms with Crippen molar-refractivity contribution in [2.45, 2.75) is 5.41 Å². The molecule has 0 saturated carbocycles. The van der Waals surface area contributed by atoms with Crippen LogP contribution in [-0.2, 0) is 5.41 Å². The maximum atomic E-state index is 7.02. The molecule has 0 N–H and O–H groups in total. The molecule has 7 heteroatoms. The number of nitrogens with zero attached hydrogens (tertiary/aromatic N) is 6. The van der Waals surface area contributed by atoms with Crippen molar-refractivity contribution in [1.29, 1.82) is 0 Å². The Kier molecular flexibility index (Phi) is 7.69. The summed E-state index contributed by atoms with van der Waals surface area (Å²) in [5, 5.41) is 7.20. The molecular weight excluding hydrogens is 869 g/mol. The molecule has 8 aromatic carbocycles. The largest absolute Gasteiger partial charge is 0.457 e. The molecule has 1 atom stereocenters. The smallest absolute Gasteiger partial charge is 0.137 e. The molecule has 1 unspecified atom stereocenters.